The Labute approximate surface area is 59.7 Å². The molecule has 1 fully saturated rings. The zero-order chi connectivity index (χ0) is 7.78. The number of aliphatic carboxylic acids is 1. The summed E-state index contributed by atoms with van der Waals surface area (Å²) < 4.78 is 0. The number of hydrogen-bond acceptors (Lipinski definition) is 2. The van der Waals surface area contributed by atoms with Crippen molar-refractivity contribution >= 4 is 5.97 Å². The van der Waals surface area contributed by atoms with Gasteiger partial charge in [-0.3, -0.25) is 4.79 Å². The average molecular weight is 144 g/mol. The second kappa shape index (κ2) is 2.23. The van der Waals surface area contributed by atoms with Crippen molar-refractivity contribution in [3.63, 3.8) is 0 Å². The number of hydrogen-bond donors (Lipinski definition) is 2. The van der Waals surface area contributed by atoms with Crippen LogP contribution >= 0.6 is 0 Å². The number of aliphatic hydroxyl groups is 1. The van der Waals surface area contributed by atoms with Gasteiger partial charge in [0, 0.05) is 6.42 Å². The van der Waals surface area contributed by atoms with E-state index in [-0.39, 0.29) is 12.3 Å². The van der Waals surface area contributed by atoms with Crippen LogP contribution in [-0.4, -0.2) is 21.8 Å². The van der Waals surface area contributed by atoms with Crippen LogP contribution in [0.15, 0.2) is 0 Å². The third-order valence-corrected chi connectivity index (χ3v) is 1.92. The molecule has 0 amide bonds. The molecule has 0 radical (unpaired) electrons. The maximum Gasteiger partial charge on any atom is 0.303 e. The fraction of sp³-hybridized carbons (Fsp3) is 0.857. The van der Waals surface area contributed by atoms with Crippen molar-refractivity contribution in [3.05, 3.63) is 0 Å². The molecule has 0 bridgehead atoms. The molecule has 0 aromatic heterocycles. The zero-order valence-corrected chi connectivity index (χ0v) is 6.00. The summed E-state index contributed by atoms with van der Waals surface area (Å²) in [6, 6.07) is 0. The van der Waals surface area contributed by atoms with Crippen LogP contribution in [0.5, 0.6) is 0 Å². The molecule has 0 spiro atoms. The smallest absolute Gasteiger partial charge is 0.303 e. The quantitative estimate of drug-likeness (QED) is 0.597. The van der Waals surface area contributed by atoms with Crippen LogP contribution in [0.1, 0.15) is 26.2 Å². The highest BCUT2D eigenvalue weighted by Gasteiger charge is 2.38. The minimum Gasteiger partial charge on any atom is -0.481 e. The van der Waals surface area contributed by atoms with Crippen LogP contribution in [0.25, 0.3) is 0 Å². The van der Waals surface area contributed by atoms with E-state index in [9.17, 15) is 9.90 Å². The average Bonchev–Trinajstić information content (AvgIpc) is 1.57. The molecule has 0 heterocycles. The van der Waals surface area contributed by atoms with Crippen LogP contribution in [0, 0.1) is 5.92 Å². The lowest BCUT2D eigenvalue weighted by Gasteiger charge is -2.40. The van der Waals surface area contributed by atoms with Gasteiger partial charge in [0.05, 0.1) is 5.60 Å². The Bertz CT molecular complexity index is 143. The summed E-state index contributed by atoms with van der Waals surface area (Å²) in [5.41, 5.74) is -0.583. The van der Waals surface area contributed by atoms with Gasteiger partial charge in [0.2, 0.25) is 0 Å². The molecule has 2 N–H and O–H groups in total. The van der Waals surface area contributed by atoms with Crippen molar-refractivity contribution in [2.45, 2.75) is 31.8 Å². The Morgan fingerprint density at radius 3 is 2.50 bits per heavy atom. The number of carboxylic acid groups (broad SMARTS) is 1. The fourth-order valence-corrected chi connectivity index (χ4v) is 1.58. The van der Waals surface area contributed by atoms with Crippen LogP contribution in [0.3, 0.4) is 0 Å². The Morgan fingerprint density at radius 1 is 1.70 bits per heavy atom. The standard InChI is InChI=1S/C7H12O3/c1-7(10)3-5(4-7)2-6(8)9/h5,10H,2-4H2,1H3,(H,8,9). The molecule has 0 atom stereocenters. The van der Waals surface area contributed by atoms with Gasteiger partial charge >= 0.3 is 5.97 Å². The summed E-state index contributed by atoms with van der Waals surface area (Å²) in [6.07, 6.45) is 1.48. The van der Waals surface area contributed by atoms with E-state index in [4.69, 9.17) is 5.11 Å². The Morgan fingerprint density at radius 2 is 2.20 bits per heavy atom. The monoisotopic (exact) mass is 144 g/mol. The molecule has 58 valence electrons. The van der Waals surface area contributed by atoms with Crippen LogP contribution in [0.4, 0.5) is 0 Å². The van der Waals surface area contributed by atoms with Gasteiger partial charge in [-0.05, 0) is 25.7 Å². The molecular formula is C7H12O3. The summed E-state index contributed by atoms with van der Waals surface area (Å²) in [4.78, 5) is 10.1. The Kier molecular flexibility index (Phi) is 1.68. The van der Waals surface area contributed by atoms with E-state index < -0.39 is 11.6 Å². The van der Waals surface area contributed by atoms with Crippen molar-refractivity contribution in [1.29, 1.82) is 0 Å². The molecule has 3 heteroatoms. The van der Waals surface area contributed by atoms with E-state index >= 15 is 0 Å². The first-order valence-electron chi connectivity index (χ1n) is 3.44. The summed E-state index contributed by atoms with van der Waals surface area (Å²) in [7, 11) is 0. The third-order valence-electron chi connectivity index (χ3n) is 1.92. The second-order valence-corrected chi connectivity index (χ2v) is 3.37. The maximum atomic E-state index is 10.1. The van der Waals surface area contributed by atoms with E-state index in [1.807, 2.05) is 0 Å². The maximum absolute atomic E-state index is 10.1. The topological polar surface area (TPSA) is 57.5 Å². The van der Waals surface area contributed by atoms with Gasteiger partial charge in [-0.15, -0.1) is 0 Å². The molecule has 0 aromatic carbocycles. The number of rotatable bonds is 2. The minimum atomic E-state index is -0.763. The van der Waals surface area contributed by atoms with E-state index in [2.05, 4.69) is 0 Å². The lowest BCUT2D eigenvalue weighted by Crippen LogP contribution is -2.41. The SMILES string of the molecule is CC1(O)CC(CC(=O)O)C1. The predicted molar refractivity (Wildman–Crippen MR) is 35.6 cm³/mol. The highest BCUT2D eigenvalue weighted by atomic mass is 16.4. The molecule has 1 aliphatic carbocycles. The summed E-state index contributed by atoms with van der Waals surface area (Å²) in [5, 5.41) is 17.5. The highest BCUT2D eigenvalue weighted by Crippen LogP contribution is 2.38. The molecule has 1 aliphatic rings. The minimum absolute atomic E-state index is 0.201. The molecule has 0 unspecified atom stereocenters. The van der Waals surface area contributed by atoms with Crippen LogP contribution in [-0.2, 0) is 4.79 Å². The lowest BCUT2D eigenvalue weighted by molar-refractivity contribution is -0.142. The first-order valence-corrected chi connectivity index (χ1v) is 3.44. The van der Waals surface area contributed by atoms with Gasteiger partial charge in [0.15, 0.2) is 0 Å². The van der Waals surface area contributed by atoms with E-state index in [0.29, 0.717) is 12.8 Å². The van der Waals surface area contributed by atoms with Crippen molar-refractivity contribution in [3.8, 4) is 0 Å². The lowest BCUT2D eigenvalue weighted by atomic mass is 9.71. The van der Waals surface area contributed by atoms with Gasteiger partial charge in [0.25, 0.3) is 0 Å². The molecule has 0 saturated heterocycles. The van der Waals surface area contributed by atoms with Gasteiger partial charge in [-0.1, -0.05) is 0 Å². The van der Waals surface area contributed by atoms with Gasteiger partial charge in [-0.25, -0.2) is 0 Å². The van der Waals surface area contributed by atoms with Crippen molar-refractivity contribution in [2.24, 2.45) is 5.92 Å². The van der Waals surface area contributed by atoms with Gasteiger partial charge < -0.3 is 10.2 Å². The highest BCUT2D eigenvalue weighted by molar-refractivity contribution is 5.67. The summed E-state index contributed by atoms with van der Waals surface area (Å²) in [6.45, 7) is 1.74. The molecule has 3 nitrogen and oxygen atoms in total. The van der Waals surface area contributed by atoms with Crippen molar-refractivity contribution in [1.82, 2.24) is 0 Å². The Hall–Kier alpha value is -0.570. The first kappa shape index (κ1) is 7.54. The van der Waals surface area contributed by atoms with Crippen molar-refractivity contribution in [2.75, 3.05) is 0 Å². The molecular weight excluding hydrogens is 132 g/mol. The van der Waals surface area contributed by atoms with Crippen LogP contribution in [0.2, 0.25) is 0 Å². The fourth-order valence-electron chi connectivity index (χ4n) is 1.58. The van der Waals surface area contributed by atoms with E-state index in [1.165, 1.54) is 0 Å². The predicted octanol–water partition coefficient (Wildman–Crippen LogP) is 0.622. The number of carbonyl (C=O) groups is 1. The third kappa shape index (κ3) is 1.70. The molecule has 0 aliphatic heterocycles. The second-order valence-electron chi connectivity index (χ2n) is 3.37. The first-order chi connectivity index (χ1) is 4.49. The largest absolute Gasteiger partial charge is 0.481 e. The van der Waals surface area contributed by atoms with Gasteiger partial charge in [0.1, 0.15) is 0 Å². The molecule has 0 aromatic rings. The van der Waals surface area contributed by atoms with Gasteiger partial charge in [-0.2, -0.15) is 0 Å². The Balaban J connectivity index is 2.21. The van der Waals surface area contributed by atoms with E-state index in [1.54, 1.807) is 6.92 Å². The molecule has 10 heavy (non-hydrogen) atoms. The normalized spacial score (nSPS) is 38.8. The summed E-state index contributed by atoms with van der Waals surface area (Å²) >= 11 is 0. The summed E-state index contributed by atoms with van der Waals surface area (Å²) in [5.74, 6) is -0.562. The number of carboxylic acids is 1. The van der Waals surface area contributed by atoms with Crippen molar-refractivity contribution < 1.29 is 15.0 Å². The van der Waals surface area contributed by atoms with Crippen LogP contribution < -0.4 is 0 Å². The van der Waals surface area contributed by atoms with E-state index in [0.717, 1.165) is 0 Å². The zero-order valence-electron chi connectivity index (χ0n) is 6.00. The molecule has 1 rings (SSSR count). The molecule has 1 saturated carbocycles.